The first-order chi connectivity index (χ1) is 16.6. The van der Waals surface area contributed by atoms with Crippen LogP contribution in [0.4, 0.5) is 0 Å². The van der Waals surface area contributed by atoms with Crippen molar-refractivity contribution in [3.63, 3.8) is 0 Å². The van der Waals surface area contributed by atoms with Crippen LogP contribution in [0.25, 0.3) is 31.4 Å². The van der Waals surface area contributed by atoms with Crippen LogP contribution in [0, 0.1) is 0 Å². The molecule has 0 atom stereocenters. The summed E-state index contributed by atoms with van der Waals surface area (Å²) in [6.45, 7) is 2.01. The minimum absolute atomic E-state index is 0.233. The number of ether oxygens (including phenoxy) is 3. The Morgan fingerprint density at radius 1 is 1.15 bits per heavy atom. The number of rotatable bonds is 7. The van der Waals surface area contributed by atoms with Crippen LogP contribution in [-0.2, 0) is 11.2 Å². The Balaban J connectivity index is 1.90. The highest BCUT2D eigenvalue weighted by atomic mass is 32.1. The molecule has 4 heterocycles. The Morgan fingerprint density at radius 3 is 2.74 bits per heavy atom. The summed E-state index contributed by atoms with van der Waals surface area (Å²) in [6, 6.07) is 7.52. The molecular formula is C24H21N5O4S. The summed E-state index contributed by atoms with van der Waals surface area (Å²) in [5, 5.41) is 8.70. The standard InChI is InChI=1S/C24H21N5O4S/c1-4-33-24(30)22-15(10-19-26-12-27-29-19)28-23-21(14-7-8-25-11-18(14)34-23)20(22)13-5-6-16(31-2)17(9-13)32-3/h5-9,11-12H,4,10H2,1-3H3,(H,26,27,29). The molecular weight excluding hydrogens is 454 g/mol. The van der Waals surface area contributed by atoms with Crippen molar-refractivity contribution in [3.05, 3.63) is 60.1 Å². The molecule has 0 unspecified atom stereocenters. The highest BCUT2D eigenvalue weighted by molar-refractivity contribution is 7.25. The first kappa shape index (κ1) is 21.8. The summed E-state index contributed by atoms with van der Waals surface area (Å²) < 4.78 is 17.4. The number of nitrogens with one attached hydrogen (secondary N) is 1. The van der Waals surface area contributed by atoms with Gasteiger partial charge in [-0.3, -0.25) is 10.1 Å². The van der Waals surface area contributed by atoms with E-state index in [-0.39, 0.29) is 13.0 Å². The van der Waals surface area contributed by atoms with Crippen LogP contribution in [0.2, 0.25) is 0 Å². The van der Waals surface area contributed by atoms with Crippen LogP contribution in [0.5, 0.6) is 11.5 Å². The van der Waals surface area contributed by atoms with Gasteiger partial charge in [-0.2, -0.15) is 5.10 Å². The summed E-state index contributed by atoms with van der Waals surface area (Å²) in [7, 11) is 3.16. The van der Waals surface area contributed by atoms with Gasteiger partial charge in [-0.15, -0.1) is 11.3 Å². The number of aromatic amines is 1. The van der Waals surface area contributed by atoms with Gasteiger partial charge in [-0.05, 0) is 30.7 Å². The van der Waals surface area contributed by atoms with E-state index in [1.165, 1.54) is 17.7 Å². The molecule has 10 heteroatoms. The summed E-state index contributed by atoms with van der Waals surface area (Å²) in [5.74, 6) is 1.21. The minimum atomic E-state index is -0.458. The van der Waals surface area contributed by atoms with Crippen molar-refractivity contribution in [3.8, 4) is 22.6 Å². The Morgan fingerprint density at radius 2 is 2.00 bits per heavy atom. The second-order valence-electron chi connectivity index (χ2n) is 7.34. The number of thiophene rings is 1. The lowest BCUT2D eigenvalue weighted by molar-refractivity contribution is 0.0526. The SMILES string of the molecule is CCOC(=O)c1c(Cc2nc[nH]n2)nc2sc3cnccc3c2c1-c1ccc(OC)c(OC)c1. The van der Waals surface area contributed by atoms with Crippen LogP contribution >= 0.6 is 11.3 Å². The molecule has 0 radical (unpaired) electrons. The first-order valence-electron chi connectivity index (χ1n) is 10.6. The van der Waals surface area contributed by atoms with Gasteiger partial charge in [0, 0.05) is 28.7 Å². The predicted octanol–water partition coefficient (Wildman–Crippen LogP) is 4.41. The van der Waals surface area contributed by atoms with Gasteiger partial charge < -0.3 is 14.2 Å². The number of benzene rings is 1. The topological polar surface area (TPSA) is 112 Å². The lowest BCUT2D eigenvalue weighted by Crippen LogP contribution is -2.13. The number of aromatic nitrogens is 5. The zero-order valence-electron chi connectivity index (χ0n) is 18.8. The average Bonchev–Trinajstić information content (AvgIpc) is 3.50. The van der Waals surface area contributed by atoms with E-state index in [1.807, 2.05) is 24.3 Å². The van der Waals surface area contributed by atoms with Crippen molar-refractivity contribution >= 4 is 37.6 Å². The molecule has 5 rings (SSSR count). The van der Waals surface area contributed by atoms with E-state index in [2.05, 4.69) is 20.2 Å². The molecule has 0 aliphatic rings. The lowest BCUT2D eigenvalue weighted by Gasteiger charge is -2.16. The lowest BCUT2D eigenvalue weighted by atomic mass is 9.93. The molecule has 0 fully saturated rings. The molecule has 0 aliphatic heterocycles. The highest BCUT2D eigenvalue weighted by Gasteiger charge is 2.27. The number of hydrogen-bond acceptors (Lipinski definition) is 9. The number of esters is 1. The van der Waals surface area contributed by atoms with Gasteiger partial charge >= 0.3 is 5.97 Å². The molecule has 34 heavy (non-hydrogen) atoms. The summed E-state index contributed by atoms with van der Waals surface area (Å²) in [4.78, 5) is 27.6. The smallest absolute Gasteiger partial charge is 0.340 e. The van der Waals surface area contributed by atoms with Crippen molar-refractivity contribution in [1.82, 2.24) is 25.1 Å². The van der Waals surface area contributed by atoms with E-state index >= 15 is 0 Å². The van der Waals surface area contributed by atoms with E-state index < -0.39 is 5.97 Å². The molecule has 0 amide bonds. The molecule has 172 valence electrons. The van der Waals surface area contributed by atoms with Crippen LogP contribution in [0.15, 0.2) is 43.0 Å². The molecule has 5 aromatic rings. The highest BCUT2D eigenvalue weighted by Crippen LogP contribution is 2.44. The zero-order valence-corrected chi connectivity index (χ0v) is 19.6. The Bertz CT molecular complexity index is 1500. The summed E-state index contributed by atoms with van der Waals surface area (Å²) >= 11 is 1.52. The van der Waals surface area contributed by atoms with Gasteiger partial charge in [0.1, 0.15) is 11.2 Å². The number of methoxy groups -OCH3 is 2. The van der Waals surface area contributed by atoms with Crippen molar-refractivity contribution < 1.29 is 19.0 Å². The van der Waals surface area contributed by atoms with Crippen molar-refractivity contribution in [2.45, 2.75) is 13.3 Å². The maximum Gasteiger partial charge on any atom is 0.340 e. The van der Waals surface area contributed by atoms with Gasteiger partial charge in [0.25, 0.3) is 0 Å². The molecule has 0 aliphatic carbocycles. The number of nitrogens with zero attached hydrogens (tertiary/aromatic N) is 4. The fourth-order valence-electron chi connectivity index (χ4n) is 4.01. The van der Waals surface area contributed by atoms with E-state index in [1.54, 1.807) is 33.5 Å². The van der Waals surface area contributed by atoms with Crippen LogP contribution in [0.3, 0.4) is 0 Å². The number of H-pyrrole nitrogens is 1. The monoisotopic (exact) mass is 475 g/mol. The number of carbonyl (C=O) groups is 1. The number of pyridine rings is 2. The van der Waals surface area contributed by atoms with E-state index in [0.717, 1.165) is 25.9 Å². The van der Waals surface area contributed by atoms with E-state index in [0.29, 0.717) is 34.1 Å². The molecule has 9 nitrogen and oxygen atoms in total. The average molecular weight is 476 g/mol. The molecule has 4 aromatic heterocycles. The molecule has 1 N–H and O–H groups in total. The third kappa shape index (κ3) is 3.71. The summed E-state index contributed by atoms with van der Waals surface area (Å²) in [5.41, 5.74) is 2.41. The third-order valence-corrected chi connectivity index (χ3v) is 6.48. The third-order valence-electron chi connectivity index (χ3n) is 5.44. The Labute approximate surface area is 198 Å². The second-order valence-corrected chi connectivity index (χ2v) is 8.38. The van der Waals surface area contributed by atoms with Crippen molar-refractivity contribution in [2.75, 3.05) is 20.8 Å². The second kappa shape index (κ2) is 9.06. The Kier molecular flexibility index (Phi) is 5.81. The predicted molar refractivity (Wildman–Crippen MR) is 129 cm³/mol. The zero-order chi connectivity index (χ0) is 23.7. The quantitative estimate of drug-likeness (QED) is 0.345. The van der Waals surface area contributed by atoms with Gasteiger partial charge in [0.05, 0.1) is 43.2 Å². The fraction of sp³-hybridized carbons (Fsp3) is 0.208. The van der Waals surface area contributed by atoms with Crippen LogP contribution in [0.1, 0.15) is 28.8 Å². The molecule has 0 bridgehead atoms. The molecule has 0 saturated carbocycles. The van der Waals surface area contributed by atoms with Crippen LogP contribution in [-0.4, -0.2) is 51.9 Å². The van der Waals surface area contributed by atoms with E-state index in [4.69, 9.17) is 19.2 Å². The number of carbonyl (C=O) groups excluding carboxylic acids is 1. The normalized spacial score (nSPS) is 11.1. The Hall–Kier alpha value is -4.05. The fourth-order valence-corrected chi connectivity index (χ4v) is 5.08. The number of fused-ring (bicyclic) bond motifs is 3. The summed E-state index contributed by atoms with van der Waals surface area (Å²) in [6.07, 6.45) is 5.30. The molecule has 1 aromatic carbocycles. The van der Waals surface area contributed by atoms with Gasteiger partial charge in [-0.25, -0.2) is 14.8 Å². The first-order valence-corrected chi connectivity index (χ1v) is 11.4. The van der Waals surface area contributed by atoms with Crippen molar-refractivity contribution in [1.29, 1.82) is 0 Å². The number of hydrogen-bond donors (Lipinski definition) is 1. The minimum Gasteiger partial charge on any atom is -0.493 e. The van der Waals surface area contributed by atoms with E-state index in [9.17, 15) is 4.79 Å². The largest absolute Gasteiger partial charge is 0.493 e. The van der Waals surface area contributed by atoms with Crippen LogP contribution < -0.4 is 9.47 Å². The maximum atomic E-state index is 13.4. The van der Waals surface area contributed by atoms with Crippen molar-refractivity contribution in [2.24, 2.45) is 0 Å². The maximum absolute atomic E-state index is 13.4. The van der Waals surface area contributed by atoms with Gasteiger partial charge in [0.2, 0.25) is 0 Å². The molecule has 0 saturated heterocycles. The van der Waals surface area contributed by atoms with Gasteiger partial charge in [0.15, 0.2) is 17.3 Å². The van der Waals surface area contributed by atoms with Gasteiger partial charge in [-0.1, -0.05) is 6.07 Å². The molecule has 0 spiro atoms.